The molecule has 0 spiro atoms. The summed E-state index contributed by atoms with van der Waals surface area (Å²) in [5, 5.41) is 17.5. The minimum atomic E-state index is -5.08. The number of carboxylic acids is 1. The summed E-state index contributed by atoms with van der Waals surface area (Å²) in [6, 6.07) is 2.60. The summed E-state index contributed by atoms with van der Waals surface area (Å²) in [5.41, 5.74) is 5.81. The maximum absolute atomic E-state index is 13.4. The van der Waals surface area contributed by atoms with Crippen LogP contribution in [-0.2, 0) is 4.79 Å². The average Bonchev–Trinajstić information content (AvgIpc) is 3.26. The van der Waals surface area contributed by atoms with Crippen LogP contribution < -0.4 is 5.73 Å². The number of carboxylic acid groups (broad SMARTS) is 1. The van der Waals surface area contributed by atoms with Crippen molar-refractivity contribution in [3.8, 4) is 6.07 Å². The maximum atomic E-state index is 13.4. The van der Waals surface area contributed by atoms with Gasteiger partial charge in [0.25, 0.3) is 0 Å². The van der Waals surface area contributed by atoms with Gasteiger partial charge >= 0.3 is 12.1 Å². The van der Waals surface area contributed by atoms with Gasteiger partial charge in [0.2, 0.25) is 0 Å². The molecule has 3 N–H and O–H groups in total. The Kier molecular flexibility index (Phi) is 7.13. The van der Waals surface area contributed by atoms with Crippen molar-refractivity contribution in [3.63, 3.8) is 0 Å². The van der Waals surface area contributed by atoms with Gasteiger partial charge < -0.3 is 10.8 Å². The summed E-state index contributed by atoms with van der Waals surface area (Å²) in [6.45, 7) is 3.42. The molecule has 1 aliphatic carbocycles. The first-order valence-electron chi connectivity index (χ1n) is 7.06. The molecule has 1 aliphatic rings. The number of thiophene rings is 1. The Morgan fingerprint density at radius 2 is 2.12 bits per heavy atom. The third-order valence-electron chi connectivity index (χ3n) is 3.41. The number of halogens is 4. The molecule has 0 radical (unpaired) electrons. The Bertz CT molecular complexity index is 608. The lowest BCUT2D eigenvalue weighted by Crippen LogP contribution is -2.33. The number of carbonyl (C=O) groups is 1. The van der Waals surface area contributed by atoms with E-state index in [1.165, 1.54) is 29.6 Å². The lowest BCUT2D eigenvalue weighted by Gasteiger charge is -2.28. The SMILES string of the molecule is CC(c1scc(F)c1C#N)N(CCN)C1CC1.O=C(O)C(F)(F)F. The highest BCUT2D eigenvalue weighted by Gasteiger charge is 2.38. The molecule has 5 nitrogen and oxygen atoms in total. The highest BCUT2D eigenvalue weighted by molar-refractivity contribution is 7.10. The largest absolute Gasteiger partial charge is 0.490 e. The Balaban J connectivity index is 0.000000351. The molecule has 1 heterocycles. The first-order chi connectivity index (χ1) is 11.1. The van der Waals surface area contributed by atoms with Gasteiger partial charge in [0.15, 0.2) is 5.82 Å². The maximum Gasteiger partial charge on any atom is 0.490 e. The predicted octanol–water partition coefficient (Wildman–Crippen LogP) is 2.88. The number of alkyl halides is 3. The van der Waals surface area contributed by atoms with Gasteiger partial charge in [0.05, 0.1) is 0 Å². The van der Waals surface area contributed by atoms with Crippen molar-refractivity contribution < 1.29 is 27.5 Å². The number of rotatable bonds is 5. The molecule has 0 aromatic carbocycles. The molecule has 0 aliphatic heterocycles. The lowest BCUT2D eigenvalue weighted by molar-refractivity contribution is -0.192. The zero-order chi connectivity index (χ0) is 18.5. The van der Waals surface area contributed by atoms with Crippen LogP contribution in [0.15, 0.2) is 5.38 Å². The summed E-state index contributed by atoms with van der Waals surface area (Å²) in [4.78, 5) is 12.0. The second kappa shape index (κ2) is 8.41. The Labute approximate surface area is 140 Å². The first-order valence-corrected chi connectivity index (χ1v) is 7.94. The quantitative estimate of drug-likeness (QED) is 0.781. The first kappa shape index (κ1) is 20.3. The van der Waals surface area contributed by atoms with Crippen LogP contribution in [0.3, 0.4) is 0 Å². The third kappa shape index (κ3) is 5.43. The van der Waals surface area contributed by atoms with Crippen LogP contribution in [0.2, 0.25) is 0 Å². The Hall–Kier alpha value is -1.70. The number of nitrogens with zero attached hydrogens (tertiary/aromatic N) is 2. The fourth-order valence-corrected chi connectivity index (χ4v) is 3.11. The van der Waals surface area contributed by atoms with Crippen LogP contribution in [0.5, 0.6) is 0 Å². The van der Waals surface area contributed by atoms with E-state index in [4.69, 9.17) is 20.9 Å². The highest BCUT2D eigenvalue weighted by Crippen LogP contribution is 2.37. The van der Waals surface area contributed by atoms with Crippen molar-refractivity contribution in [2.45, 2.75) is 38.0 Å². The third-order valence-corrected chi connectivity index (χ3v) is 4.53. The molecular formula is C14H17F4N3O2S. The fourth-order valence-electron chi connectivity index (χ4n) is 2.16. The van der Waals surface area contributed by atoms with Crippen molar-refractivity contribution >= 4 is 17.3 Å². The second-order valence-electron chi connectivity index (χ2n) is 5.17. The molecular weight excluding hydrogens is 350 g/mol. The number of hydrogen-bond acceptors (Lipinski definition) is 5. The van der Waals surface area contributed by atoms with Crippen molar-refractivity contribution in [3.05, 3.63) is 21.6 Å². The monoisotopic (exact) mass is 367 g/mol. The van der Waals surface area contributed by atoms with Gasteiger partial charge in [-0.3, -0.25) is 4.90 Å². The molecule has 1 saturated carbocycles. The summed E-state index contributed by atoms with van der Waals surface area (Å²) in [7, 11) is 0. The van der Waals surface area contributed by atoms with Crippen LogP contribution in [0.1, 0.15) is 36.2 Å². The van der Waals surface area contributed by atoms with Crippen LogP contribution in [0.4, 0.5) is 17.6 Å². The second-order valence-corrected chi connectivity index (χ2v) is 6.08. The van der Waals surface area contributed by atoms with E-state index in [1.54, 1.807) is 0 Å². The van der Waals surface area contributed by atoms with Gasteiger partial charge in [-0.1, -0.05) is 0 Å². The Morgan fingerprint density at radius 3 is 2.50 bits per heavy atom. The van der Waals surface area contributed by atoms with Gasteiger partial charge in [-0.25, -0.2) is 9.18 Å². The minimum absolute atomic E-state index is 0.0789. The average molecular weight is 367 g/mol. The van der Waals surface area contributed by atoms with E-state index in [0.717, 1.165) is 11.4 Å². The number of hydrogen-bond donors (Lipinski definition) is 2. The van der Waals surface area contributed by atoms with Crippen molar-refractivity contribution in [2.24, 2.45) is 5.73 Å². The molecule has 24 heavy (non-hydrogen) atoms. The molecule has 0 saturated heterocycles. The van der Waals surface area contributed by atoms with Crippen LogP contribution >= 0.6 is 11.3 Å². The van der Waals surface area contributed by atoms with Gasteiger partial charge in [0.1, 0.15) is 11.6 Å². The van der Waals surface area contributed by atoms with Crippen molar-refractivity contribution in [1.82, 2.24) is 4.90 Å². The topological polar surface area (TPSA) is 90.4 Å². The number of aliphatic carboxylic acids is 1. The molecule has 134 valence electrons. The Morgan fingerprint density at radius 1 is 1.58 bits per heavy atom. The van der Waals surface area contributed by atoms with E-state index >= 15 is 0 Å². The highest BCUT2D eigenvalue weighted by atomic mass is 32.1. The summed E-state index contributed by atoms with van der Waals surface area (Å²) < 4.78 is 45.1. The zero-order valence-electron chi connectivity index (χ0n) is 12.8. The van der Waals surface area contributed by atoms with Crippen LogP contribution in [0, 0.1) is 17.1 Å². The van der Waals surface area contributed by atoms with Crippen molar-refractivity contribution in [2.75, 3.05) is 13.1 Å². The lowest BCUT2D eigenvalue weighted by atomic mass is 10.1. The van der Waals surface area contributed by atoms with E-state index in [0.29, 0.717) is 12.6 Å². The van der Waals surface area contributed by atoms with Crippen molar-refractivity contribution in [1.29, 1.82) is 5.26 Å². The molecule has 1 aromatic rings. The van der Waals surface area contributed by atoms with Gasteiger partial charge in [-0.15, -0.1) is 11.3 Å². The molecule has 1 atom stereocenters. The normalized spacial score (nSPS) is 15.4. The molecule has 0 bridgehead atoms. The molecule has 10 heteroatoms. The molecule has 1 aromatic heterocycles. The number of nitrogens with two attached hydrogens (primary N) is 1. The molecule has 1 unspecified atom stereocenters. The van der Waals surface area contributed by atoms with Crippen LogP contribution in [-0.4, -0.2) is 41.3 Å². The summed E-state index contributed by atoms with van der Waals surface area (Å²) in [6.07, 6.45) is -2.72. The standard InChI is InChI=1S/C12H16FN3S.C2HF3O2/c1-8(16(5-4-14)9-2-3-9)12-10(6-15)11(13)7-17-12;3-2(4,5)1(6)7/h7-9H,2-5,14H2,1H3;(H,6,7). The fraction of sp³-hybridized carbons (Fsp3) is 0.571. The van der Waals surface area contributed by atoms with Gasteiger partial charge in [-0.05, 0) is 19.8 Å². The van der Waals surface area contributed by atoms with E-state index in [2.05, 4.69) is 4.90 Å². The van der Waals surface area contributed by atoms with E-state index < -0.39 is 18.0 Å². The summed E-state index contributed by atoms with van der Waals surface area (Å²) in [5.74, 6) is -3.16. The van der Waals surface area contributed by atoms with E-state index in [1.807, 2.05) is 13.0 Å². The molecule has 0 amide bonds. The van der Waals surface area contributed by atoms with E-state index in [9.17, 15) is 17.6 Å². The smallest absolute Gasteiger partial charge is 0.475 e. The summed E-state index contributed by atoms with van der Waals surface area (Å²) >= 11 is 1.33. The zero-order valence-corrected chi connectivity index (χ0v) is 13.6. The molecule has 2 rings (SSSR count). The number of nitriles is 1. The van der Waals surface area contributed by atoms with Crippen LogP contribution in [0.25, 0.3) is 0 Å². The minimum Gasteiger partial charge on any atom is -0.475 e. The predicted molar refractivity (Wildman–Crippen MR) is 79.9 cm³/mol. The van der Waals surface area contributed by atoms with Gasteiger partial charge in [-0.2, -0.15) is 18.4 Å². The van der Waals surface area contributed by atoms with E-state index in [-0.39, 0.29) is 11.6 Å². The molecule has 1 fully saturated rings. The van der Waals surface area contributed by atoms with Gasteiger partial charge in [0, 0.05) is 35.4 Å².